The van der Waals surface area contributed by atoms with Gasteiger partial charge in [0.1, 0.15) is 5.75 Å². The molecule has 0 aliphatic carbocycles. The van der Waals surface area contributed by atoms with Crippen LogP contribution >= 0.6 is 0 Å². The molecule has 0 bridgehead atoms. The van der Waals surface area contributed by atoms with Crippen LogP contribution in [0.25, 0.3) is 0 Å². The lowest BCUT2D eigenvalue weighted by Gasteiger charge is -2.06. The van der Waals surface area contributed by atoms with Gasteiger partial charge in [0.05, 0.1) is 5.69 Å². The second-order valence-corrected chi connectivity index (χ2v) is 2.98. The Bertz CT molecular complexity index is 345. The summed E-state index contributed by atoms with van der Waals surface area (Å²) >= 11 is 0. The minimum Gasteiger partial charge on any atom is -0.506 e. The third kappa shape index (κ3) is 1.80. The number of hydrogen-bond donors (Lipinski definition) is 2. The molecule has 0 saturated carbocycles. The highest BCUT2D eigenvalue weighted by molar-refractivity contribution is 5.95. The highest BCUT2D eigenvalue weighted by atomic mass is 16.3. The zero-order valence-electron chi connectivity index (χ0n) is 7.79. The monoisotopic (exact) mass is 179 g/mol. The number of anilines is 1. The molecule has 0 aromatic heterocycles. The fourth-order valence-corrected chi connectivity index (χ4v) is 1.19. The lowest BCUT2D eigenvalue weighted by molar-refractivity contribution is 0.101. The topological polar surface area (TPSA) is 63.3 Å². The van der Waals surface area contributed by atoms with E-state index in [4.69, 9.17) is 5.73 Å². The van der Waals surface area contributed by atoms with E-state index in [-0.39, 0.29) is 17.2 Å². The Morgan fingerprint density at radius 1 is 1.54 bits per heavy atom. The number of rotatable bonds is 2. The van der Waals surface area contributed by atoms with Crippen LogP contribution in [0.1, 0.15) is 29.8 Å². The lowest BCUT2D eigenvalue weighted by atomic mass is 10.0. The summed E-state index contributed by atoms with van der Waals surface area (Å²) in [6, 6.07) is 3.17. The molecule has 0 aliphatic rings. The van der Waals surface area contributed by atoms with Gasteiger partial charge in [-0.05, 0) is 31.0 Å². The average molecular weight is 179 g/mol. The first kappa shape index (κ1) is 9.58. The number of hydrogen-bond acceptors (Lipinski definition) is 3. The summed E-state index contributed by atoms with van der Waals surface area (Å²) in [5, 5.41) is 9.47. The number of nitrogen functional groups attached to an aromatic ring is 1. The SMILES string of the molecule is CCc1cc(C(C)=O)cc(N)c1O. The minimum absolute atomic E-state index is 0.0404. The van der Waals surface area contributed by atoms with Gasteiger partial charge in [-0.15, -0.1) is 0 Å². The van der Waals surface area contributed by atoms with Crippen molar-refractivity contribution in [3.05, 3.63) is 23.3 Å². The third-order valence-corrected chi connectivity index (χ3v) is 2.01. The first-order valence-corrected chi connectivity index (χ1v) is 4.18. The largest absolute Gasteiger partial charge is 0.506 e. The van der Waals surface area contributed by atoms with Crippen LogP contribution in [0.4, 0.5) is 5.69 Å². The molecule has 70 valence electrons. The molecule has 0 spiro atoms. The Kier molecular flexibility index (Phi) is 2.56. The number of phenols is 1. The fourth-order valence-electron chi connectivity index (χ4n) is 1.19. The first-order chi connectivity index (χ1) is 6.06. The molecule has 0 heterocycles. The normalized spacial score (nSPS) is 10.0. The summed E-state index contributed by atoms with van der Waals surface area (Å²) in [6.07, 6.45) is 0.664. The van der Waals surface area contributed by atoms with Gasteiger partial charge in [0.2, 0.25) is 0 Å². The summed E-state index contributed by atoms with van der Waals surface area (Å²) in [7, 11) is 0. The fraction of sp³-hybridized carbons (Fsp3) is 0.300. The van der Waals surface area contributed by atoms with Crippen molar-refractivity contribution in [2.45, 2.75) is 20.3 Å². The second-order valence-electron chi connectivity index (χ2n) is 2.98. The Hall–Kier alpha value is -1.51. The highest BCUT2D eigenvalue weighted by Crippen LogP contribution is 2.27. The number of Topliss-reactive ketones (excluding diaryl/α,β-unsaturated/α-hetero) is 1. The molecule has 13 heavy (non-hydrogen) atoms. The van der Waals surface area contributed by atoms with Crippen molar-refractivity contribution in [1.82, 2.24) is 0 Å². The number of carbonyl (C=O) groups excluding carboxylic acids is 1. The smallest absolute Gasteiger partial charge is 0.159 e. The van der Waals surface area contributed by atoms with Gasteiger partial charge < -0.3 is 10.8 Å². The summed E-state index contributed by atoms with van der Waals surface area (Å²) in [6.45, 7) is 3.38. The predicted molar refractivity (Wildman–Crippen MR) is 51.9 cm³/mol. The van der Waals surface area contributed by atoms with Crippen molar-refractivity contribution >= 4 is 11.5 Å². The van der Waals surface area contributed by atoms with Gasteiger partial charge in [0, 0.05) is 5.56 Å². The van der Waals surface area contributed by atoms with E-state index < -0.39 is 0 Å². The van der Waals surface area contributed by atoms with Crippen molar-refractivity contribution in [3.8, 4) is 5.75 Å². The Balaban J connectivity index is 3.30. The average Bonchev–Trinajstić information content (AvgIpc) is 2.09. The van der Waals surface area contributed by atoms with Crippen molar-refractivity contribution < 1.29 is 9.90 Å². The first-order valence-electron chi connectivity index (χ1n) is 4.18. The summed E-state index contributed by atoms with van der Waals surface area (Å²) in [5.41, 5.74) is 7.06. The molecule has 0 aliphatic heterocycles. The molecular formula is C10H13NO2. The molecule has 1 rings (SSSR count). The van der Waals surface area contributed by atoms with E-state index in [0.717, 1.165) is 0 Å². The maximum absolute atomic E-state index is 11.0. The van der Waals surface area contributed by atoms with E-state index in [1.807, 2.05) is 6.92 Å². The van der Waals surface area contributed by atoms with Gasteiger partial charge in [-0.25, -0.2) is 0 Å². The molecule has 1 aromatic carbocycles. The van der Waals surface area contributed by atoms with Gasteiger partial charge in [0.15, 0.2) is 5.78 Å². The molecule has 0 saturated heterocycles. The van der Waals surface area contributed by atoms with Crippen LogP contribution in [0, 0.1) is 0 Å². The van der Waals surface area contributed by atoms with E-state index in [1.165, 1.54) is 13.0 Å². The van der Waals surface area contributed by atoms with Gasteiger partial charge in [-0.2, -0.15) is 0 Å². The van der Waals surface area contributed by atoms with E-state index >= 15 is 0 Å². The van der Waals surface area contributed by atoms with Crippen molar-refractivity contribution in [3.63, 3.8) is 0 Å². The van der Waals surface area contributed by atoms with Gasteiger partial charge in [-0.3, -0.25) is 4.79 Å². The van der Waals surface area contributed by atoms with E-state index in [0.29, 0.717) is 17.5 Å². The predicted octanol–water partition coefficient (Wildman–Crippen LogP) is 1.74. The number of aryl methyl sites for hydroxylation is 1. The minimum atomic E-state index is -0.0404. The van der Waals surface area contributed by atoms with E-state index in [9.17, 15) is 9.90 Å². The second kappa shape index (κ2) is 3.47. The molecule has 3 heteroatoms. The Labute approximate surface area is 77.2 Å². The maximum atomic E-state index is 11.0. The standard InChI is InChI=1S/C10H13NO2/c1-3-7-4-8(6(2)12)5-9(11)10(7)13/h4-5,13H,3,11H2,1-2H3. The van der Waals surface area contributed by atoms with Crippen LogP contribution < -0.4 is 5.73 Å². The maximum Gasteiger partial charge on any atom is 0.159 e. The van der Waals surface area contributed by atoms with Crippen LogP contribution in [-0.4, -0.2) is 10.9 Å². The van der Waals surface area contributed by atoms with Crippen LogP contribution in [0.2, 0.25) is 0 Å². The number of carbonyl (C=O) groups is 1. The van der Waals surface area contributed by atoms with Crippen molar-refractivity contribution in [1.29, 1.82) is 0 Å². The van der Waals surface area contributed by atoms with Crippen molar-refractivity contribution in [2.75, 3.05) is 5.73 Å². The molecular weight excluding hydrogens is 166 g/mol. The molecule has 0 radical (unpaired) electrons. The Morgan fingerprint density at radius 3 is 2.62 bits per heavy atom. The molecule has 0 amide bonds. The number of phenolic OH excluding ortho intramolecular Hbond substituents is 1. The lowest BCUT2D eigenvalue weighted by Crippen LogP contribution is -1.98. The molecule has 0 unspecified atom stereocenters. The van der Waals surface area contributed by atoms with Crippen LogP contribution in [0.5, 0.6) is 5.75 Å². The van der Waals surface area contributed by atoms with Gasteiger partial charge in [0.25, 0.3) is 0 Å². The third-order valence-electron chi connectivity index (χ3n) is 2.01. The molecule has 0 atom stereocenters. The van der Waals surface area contributed by atoms with Crippen LogP contribution in [0.3, 0.4) is 0 Å². The number of aromatic hydroxyl groups is 1. The molecule has 3 nitrogen and oxygen atoms in total. The summed E-state index contributed by atoms with van der Waals surface area (Å²) in [4.78, 5) is 11.0. The van der Waals surface area contributed by atoms with E-state index in [2.05, 4.69) is 0 Å². The van der Waals surface area contributed by atoms with E-state index in [1.54, 1.807) is 6.07 Å². The van der Waals surface area contributed by atoms with Gasteiger partial charge >= 0.3 is 0 Å². The van der Waals surface area contributed by atoms with Crippen LogP contribution in [0.15, 0.2) is 12.1 Å². The number of nitrogens with two attached hydrogens (primary N) is 1. The van der Waals surface area contributed by atoms with Crippen LogP contribution in [-0.2, 0) is 6.42 Å². The molecule has 0 fully saturated rings. The molecule has 1 aromatic rings. The number of benzene rings is 1. The van der Waals surface area contributed by atoms with Gasteiger partial charge in [-0.1, -0.05) is 6.92 Å². The highest BCUT2D eigenvalue weighted by Gasteiger charge is 2.08. The zero-order valence-corrected chi connectivity index (χ0v) is 7.79. The zero-order chi connectivity index (χ0) is 10.0. The van der Waals surface area contributed by atoms with Crippen molar-refractivity contribution in [2.24, 2.45) is 0 Å². The molecule has 3 N–H and O–H groups in total. The quantitative estimate of drug-likeness (QED) is 0.413. The summed E-state index contributed by atoms with van der Waals surface area (Å²) < 4.78 is 0. The number of ketones is 1. The Morgan fingerprint density at radius 2 is 2.15 bits per heavy atom. The summed E-state index contributed by atoms with van der Waals surface area (Å²) in [5.74, 6) is 0.0499.